The maximum absolute atomic E-state index is 12.3. The Morgan fingerprint density at radius 3 is 2.67 bits per heavy atom. The molecule has 5 heteroatoms. The number of carbonyl (C=O) groups is 1. The minimum absolute atomic E-state index is 0.184. The molecule has 0 saturated carbocycles. The smallest absolute Gasteiger partial charge is 0.239 e. The van der Waals surface area contributed by atoms with Crippen molar-refractivity contribution >= 4 is 5.91 Å². The van der Waals surface area contributed by atoms with E-state index < -0.39 is 0 Å². The van der Waals surface area contributed by atoms with E-state index in [-0.39, 0.29) is 11.9 Å². The number of likely N-dealkylation sites (tertiary alicyclic amines) is 1. The van der Waals surface area contributed by atoms with Crippen LogP contribution in [0.4, 0.5) is 0 Å². The molecule has 1 aliphatic rings. The molecule has 2 rings (SSSR count). The third-order valence-electron chi connectivity index (χ3n) is 4.39. The van der Waals surface area contributed by atoms with E-state index in [2.05, 4.69) is 11.4 Å². The summed E-state index contributed by atoms with van der Waals surface area (Å²) in [6.07, 6.45) is 3.45. The quantitative estimate of drug-likeness (QED) is 0.917. The van der Waals surface area contributed by atoms with Gasteiger partial charge in [0.1, 0.15) is 11.8 Å². The number of aromatic nitrogens is 1. The van der Waals surface area contributed by atoms with E-state index in [0.29, 0.717) is 12.2 Å². The Morgan fingerprint density at radius 1 is 1.43 bits per heavy atom. The molecule has 0 bridgehead atoms. The molecule has 0 aromatic carbocycles. The van der Waals surface area contributed by atoms with Gasteiger partial charge in [0.25, 0.3) is 0 Å². The van der Waals surface area contributed by atoms with E-state index in [1.54, 1.807) is 0 Å². The van der Waals surface area contributed by atoms with E-state index in [4.69, 9.17) is 5.26 Å². The summed E-state index contributed by atoms with van der Waals surface area (Å²) >= 11 is 0. The normalized spacial score (nSPS) is 16.6. The van der Waals surface area contributed by atoms with Gasteiger partial charge >= 0.3 is 0 Å². The van der Waals surface area contributed by atoms with Crippen LogP contribution in [0.2, 0.25) is 0 Å². The van der Waals surface area contributed by atoms with E-state index >= 15 is 0 Å². The van der Waals surface area contributed by atoms with Crippen molar-refractivity contribution in [3.05, 3.63) is 23.0 Å². The monoisotopic (exact) mass is 288 g/mol. The van der Waals surface area contributed by atoms with Crippen LogP contribution in [-0.2, 0) is 18.4 Å². The average Bonchev–Trinajstić information content (AvgIpc) is 2.80. The van der Waals surface area contributed by atoms with Gasteiger partial charge in [0, 0.05) is 32.4 Å². The van der Waals surface area contributed by atoms with Crippen molar-refractivity contribution in [2.45, 2.75) is 45.7 Å². The maximum atomic E-state index is 12.3. The Kier molecular flexibility index (Phi) is 5.03. The topological polar surface area (TPSA) is 61.1 Å². The number of hydrogen-bond donors (Lipinski definition) is 1. The maximum Gasteiger partial charge on any atom is 0.239 e. The number of amides is 1. The standard InChI is InChI=1S/C16H24N4O/c1-12(16(21)20-7-5-4-6-8-20)18-11-14-9-15(10-17)19(3)13(14)2/h9,12,18H,4-8,11H2,1-3H3. The molecular formula is C16H24N4O. The van der Waals surface area contributed by atoms with Crippen LogP contribution in [-0.4, -0.2) is 34.5 Å². The first-order chi connectivity index (χ1) is 10.0. The second-order valence-corrected chi connectivity index (χ2v) is 5.80. The minimum atomic E-state index is -0.187. The highest BCUT2D eigenvalue weighted by molar-refractivity contribution is 5.81. The van der Waals surface area contributed by atoms with Crippen molar-refractivity contribution in [1.82, 2.24) is 14.8 Å². The summed E-state index contributed by atoms with van der Waals surface area (Å²) in [6, 6.07) is 3.88. The molecule has 0 radical (unpaired) electrons. The van der Waals surface area contributed by atoms with Crippen LogP contribution in [0.15, 0.2) is 6.07 Å². The predicted octanol–water partition coefficient (Wildman–Crippen LogP) is 1.70. The second-order valence-electron chi connectivity index (χ2n) is 5.80. The van der Waals surface area contributed by atoms with Crippen molar-refractivity contribution in [2.24, 2.45) is 7.05 Å². The Bertz CT molecular complexity index is 549. The molecule has 114 valence electrons. The molecule has 1 saturated heterocycles. The van der Waals surface area contributed by atoms with Crippen LogP contribution in [0, 0.1) is 18.3 Å². The molecule has 0 spiro atoms. The lowest BCUT2D eigenvalue weighted by Gasteiger charge is -2.29. The first kappa shape index (κ1) is 15.6. The zero-order valence-corrected chi connectivity index (χ0v) is 13.1. The molecule has 1 unspecified atom stereocenters. The van der Waals surface area contributed by atoms with Crippen molar-refractivity contribution in [3.63, 3.8) is 0 Å². The van der Waals surface area contributed by atoms with Gasteiger partial charge in [-0.3, -0.25) is 4.79 Å². The third kappa shape index (κ3) is 3.45. The molecule has 5 nitrogen and oxygen atoms in total. The Hall–Kier alpha value is -1.80. The number of piperidine rings is 1. The lowest BCUT2D eigenvalue weighted by Crippen LogP contribution is -2.46. The molecule has 1 fully saturated rings. The van der Waals surface area contributed by atoms with Crippen LogP contribution in [0.5, 0.6) is 0 Å². The number of carbonyl (C=O) groups excluding carboxylic acids is 1. The molecule has 1 aliphatic heterocycles. The average molecular weight is 288 g/mol. The highest BCUT2D eigenvalue weighted by Crippen LogP contribution is 2.14. The molecule has 1 N–H and O–H groups in total. The minimum Gasteiger partial charge on any atom is -0.341 e. The summed E-state index contributed by atoms with van der Waals surface area (Å²) in [7, 11) is 1.89. The fraction of sp³-hybridized carbons (Fsp3) is 0.625. The third-order valence-corrected chi connectivity index (χ3v) is 4.39. The molecule has 1 amide bonds. The second kappa shape index (κ2) is 6.77. The van der Waals surface area contributed by atoms with Gasteiger partial charge < -0.3 is 14.8 Å². The van der Waals surface area contributed by atoms with E-state index in [1.165, 1.54) is 6.42 Å². The van der Waals surface area contributed by atoms with Crippen molar-refractivity contribution in [2.75, 3.05) is 13.1 Å². The van der Waals surface area contributed by atoms with Gasteiger partial charge in [0.2, 0.25) is 5.91 Å². The van der Waals surface area contributed by atoms with Gasteiger partial charge in [0.15, 0.2) is 0 Å². The van der Waals surface area contributed by atoms with Crippen molar-refractivity contribution in [3.8, 4) is 6.07 Å². The SMILES string of the molecule is Cc1c(CNC(C)C(=O)N2CCCCC2)cc(C#N)n1C. The summed E-state index contributed by atoms with van der Waals surface area (Å²) in [4.78, 5) is 14.3. The summed E-state index contributed by atoms with van der Waals surface area (Å²) in [6.45, 7) is 6.29. The van der Waals surface area contributed by atoms with Crippen molar-refractivity contribution < 1.29 is 4.79 Å². The molecule has 0 aliphatic carbocycles. The summed E-state index contributed by atoms with van der Waals surface area (Å²) in [5.41, 5.74) is 2.79. The van der Waals surface area contributed by atoms with Crippen LogP contribution < -0.4 is 5.32 Å². The van der Waals surface area contributed by atoms with Crippen LogP contribution >= 0.6 is 0 Å². The number of rotatable bonds is 4. The first-order valence-corrected chi connectivity index (χ1v) is 7.62. The molecule has 21 heavy (non-hydrogen) atoms. The highest BCUT2D eigenvalue weighted by Gasteiger charge is 2.22. The lowest BCUT2D eigenvalue weighted by molar-refractivity contribution is -0.133. The summed E-state index contributed by atoms with van der Waals surface area (Å²) in [5, 5.41) is 12.3. The van der Waals surface area contributed by atoms with Gasteiger partial charge in [-0.25, -0.2) is 0 Å². The lowest BCUT2D eigenvalue weighted by atomic mass is 10.1. The molecular weight excluding hydrogens is 264 g/mol. The van der Waals surface area contributed by atoms with Crippen molar-refractivity contribution in [1.29, 1.82) is 5.26 Å². The molecule has 1 atom stereocenters. The molecule has 2 heterocycles. The Balaban J connectivity index is 1.93. The number of nitriles is 1. The van der Waals surface area contributed by atoms with Crippen LogP contribution in [0.3, 0.4) is 0 Å². The predicted molar refractivity (Wildman–Crippen MR) is 81.6 cm³/mol. The zero-order valence-electron chi connectivity index (χ0n) is 13.1. The zero-order chi connectivity index (χ0) is 15.4. The fourth-order valence-electron chi connectivity index (χ4n) is 2.79. The number of nitrogens with one attached hydrogen (secondary N) is 1. The fourth-order valence-corrected chi connectivity index (χ4v) is 2.79. The summed E-state index contributed by atoms with van der Waals surface area (Å²) < 4.78 is 1.88. The largest absolute Gasteiger partial charge is 0.341 e. The Morgan fingerprint density at radius 2 is 2.10 bits per heavy atom. The van der Waals surface area contributed by atoms with Gasteiger partial charge in [-0.1, -0.05) is 0 Å². The van der Waals surface area contributed by atoms with Crippen LogP contribution in [0.25, 0.3) is 0 Å². The van der Waals surface area contributed by atoms with E-state index in [0.717, 1.165) is 37.2 Å². The highest BCUT2D eigenvalue weighted by atomic mass is 16.2. The molecule has 1 aromatic heterocycles. The molecule has 1 aromatic rings. The first-order valence-electron chi connectivity index (χ1n) is 7.62. The van der Waals surface area contributed by atoms with E-state index in [1.807, 2.05) is 36.4 Å². The van der Waals surface area contributed by atoms with Gasteiger partial charge in [-0.2, -0.15) is 5.26 Å². The van der Waals surface area contributed by atoms with Gasteiger partial charge in [-0.05, 0) is 44.7 Å². The van der Waals surface area contributed by atoms with Gasteiger partial charge in [0.05, 0.1) is 6.04 Å². The number of hydrogen-bond acceptors (Lipinski definition) is 3. The van der Waals surface area contributed by atoms with Gasteiger partial charge in [-0.15, -0.1) is 0 Å². The Labute approximate surface area is 126 Å². The van der Waals surface area contributed by atoms with Crippen LogP contribution in [0.1, 0.15) is 43.1 Å². The number of nitrogens with zero attached hydrogens (tertiary/aromatic N) is 3. The summed E-state index contributed by atoms with van der Waals surface area (Å²) in [5.74, 6) is 0.184. The van der Waals surface area contributed by atoms with E-state index in [9.17, 15) is 4.79 Å².